The molecule has 0 aliphatic rings. The normalized spacial score (nSPS) is 12.9. The van der Waals surface area contributed by atoms with Gasteiger partial charge in [-0.15, -0.1) is 0 Å². The smallest absolute Gasteiger partial charge is 0.305 e. The van der Waals surface area contributed by atoms with Crippen LogP contribution in [0, 0.1) is 0 Å². The Kier molecular flexibility index (Phi) is 51.1. The van der Waals surface area contributed by atoms with Crippen LogP contribution in [0.5, 0.6) is 0 Å². The second-order valence-corrected chi connectivity index (χ2v) is 18.9. The number of rotatable bonds is 51. The maximum absolute atomic E-state index is 12.4. The van der Waals surface area contributed by atoms with Crippen molar-refractivity contribution in [1.82, 2.24) is 5.32 Å². The van der Waals surface area contributed by atoms with Gasteiger partial charge >= 0.3 is 5.97 Å². The first-order valence-corrected chi connectivity index (χ1v) is 27.8. The number of aliphatic hydroxyl groups excluding tert-OH is 2. The molecule has 1 amide bonds. The molecule has 0 bridgehead atoms. The minimum atomic E-state index is -0.845. The second kappa shape index (κ2) is 52.7. The second-order valence-electron chi connectivity index (χ2n) is 18.9. The van der Waals surface area contributed by atoms with Gasteiger partial charge in [0.25, 0.3) is 0 Å². The van der Waals surface area contributed by atoms with Crippen LogP contribution in [0.3, 0.4) is 0 Å². The molecule has 0 aromatic rings. The first kappa shape index (κ1) is 61.1. The Morgan fingerprint density at radius 3 is 1.24 bits per heavy atom. The van der Waals surface area contributed by atoms with Gasteiger partial charge in [-0.1, -0.05) is 249 Å². The number of amides is 1. The summed E-state index contributed by atoms with van der Waals surface area (Å²) in [6.45, 7) is 4.84. The Morgan fingerprint density at radius 2 is 0.794 bits per heavy atom. The third kappa shape index (κ3) is 49.4. The van der Waals surface area contributed by atoms with Gasteiger partial charge in [-0.3, -0.25) is 9.59 Å². The Bertz CT molecular complexity index is 1020. The van der Waals surface area contributed by atoms with Crippen molar-refractivity contribution in [3.63, 3.8) is 0 Å². The number of unbranched alkanes of at least 4 members (excludes halogenated alkanes) is 36. The molecule has 6 heteroatoms. The monoisotopic (exact) mass is 886 g/mol. The van der Waals surface area contributed by atoms with Crippen LogP contribution in [0.1, 0.15) is 290 Å². The maximum Gasteiger partial charge on any atom is 0.305 e. The van der Waals surface area contributed by atoms with Crippen LogP contribution in [-0.2, 0) is 14.3 Å². The molecule has 0 aliphatic heterocycles. The molecule has 6 nitrogen and oxygen atoms in total. The Balaban J connectivity index is 3.38. The van der Waals surface area contributed by atoms with E-state index in [-0.39, 0.29) is 18.5 Å². The standard InChI is InChI=1S/C57H107NO5/c1-3-5-7-9-11-13-14-15-16-17-18-22-25-28-31-35-39-43-47-51-57(62)63-52-48-44-40-36-32-29-26-23-20-19-21-24-27-30-34-38-42-46-50-56(61)58-54(53-59)55(60)49-45-41-37-33-12-10-8-6-4-2/h11,13,15-16,45,49,54-55,59-60H,3-10,12,14,17-44,46-48,50-53H2,1-2H3,(H,58,61)/b13-11-,16-15-,49-45+. The number of hydrogen-bond acceptors (Lipinski definition) is 5. The SMILES string of the molecule is CCCCC/C=C\C/C=C\CCCCCCCCCCCC(=O)OCCCCCCCCCCCCCCCCCCCCC(=O)NC(CO)C(O)/C=C/CCCCCCCCC. The number of carbonyl (C=O) groups is 2. The molecule has 63 heavy (non-hydrogen) atoms. The lowest BCUT2D eigenvalue weighted by Crippen LogP contribution is -2.45. The number of hydrogen-bond donors (Lipinski definition) is 3. The Morgan fingerprint density at radius 1 is 0.444 bits per heavy atom. The molecule has 0 saturated carbocycles. The number of ether oxygens (including phenoxy) is 1. The first-order valence-electron chi connectivity index (χ1n) is 27.8. The van der Waals surface area contributed by atoms with Gasteiger partial charge in [-0.05, 0) is 64.2 Å². The molecule has 0 heterocycles. The highest BCUT2D eigenvalue weighted by molar-refractivity contribution is 5.76. The number of aliphatic hydroxyl groups is 2. The van der Waals surface area contributed by atoms with Gasteiger partial charge in [-0.25, -0.2) is 0 Å². The zero-order chi connectivity index (χ0) is 45.8. The average Bonchev–Trinajstić information content (AvgIpc) is 3.28. The molecule has 2 atom stereocenters. The van der Waals surface area contributed by atoms with E-state index in [1.54, 1.807) is 6.08 Å². The first-order chi connectivity index (χ1) is 31.0. The summed E-state index contributed by atoms with van der Waals surface area (Å²) in [5.74, 6) is -0.0729. The van der Waals surface area contributed by atoms with Gasteiger partial charge in [0.2, 0.25) is 5.91 Å². The summed E-state index contributed by atoms with van der Waals surface area (Å²) in [4.78, 5) is 24.4. The van der Waals surface area contributed by atoms with Crippen LogP contribution in [-0.4, -0.2) is 47.4 Å². The fourth-order valence-electron chi connectivity index (χ4n) is 8.37. The molecule has 0 spiro atoms. The van der Waals surface area contributed by atoms with Crippen molar-refractivity contribution in [3.8, 4) is 0 Å². The zero-order valence-electron chi connectivity index (χ0n) is 42.1. The third-order valence-corrected chi connectivity index (χ3v) is 12.7. The lowest BCUT2D eigenvalue weighted by Gasteiger charge is -2.20. The predicted molar refractivity (Wildman–Crippen MR) is 273 cm³/mol. The molecular formula is C57H107NO5. The highest BCUT2D eigenvalue weighted by atomic mass is 16.5. The minimum Gasteiger partial charge on any atom is -0.466 e. The maximum atomic E-state index is 12.4. The van der Waals surface area contributed by atoms with E-state index in [1.807, 2.05) is 6.08 Å². The lowest BCUT2D eigenvalue weighted by atomic mass is 10.0. The van der Waals surface area contributed by atoms with Crippen LogP contribution in [0.2, 0.25) is 0 Å². The molecule has 3 N–H and O–H groups in total. The summed E-state index contributed by atoms with van der Waals surface area (Å²) in [6.07, 6.45) is 64.5. The summed E-state index contributed by atoms with van der Waals surface area (Å²) in [5, 5.41) is 22.9. The number of esters is 1. The zero-order valence-corrected chi connectivity index (χ0v) is 42.1. The lowest BCUT2D eigenvalue weighted by molar-refractivity contribution is -0.143. The molecule has 0 rings (SSSR count). The van der Waals surface area contributed by atoms with E-state index in [2.05, 4.69) is 43.5 Å². The molecule has 0 aromatic carbocycles. The van der Waals surface area contributed by atoms with Crippen molar-refractivity contribution in [2.45, 2.75) is 302 Å². The van der Waals surface area contributed by atoms with Crippen molar-refractivity contribution in [2.24, 2.45) is 0 Å². The van der Waals surface area contributed by atoms with E-state index < -0.39 is 12.1 Å². The summed E-state index contributed by atoms with van der Waals surface area (Å²) in [7, 11) is 0. The fraction of sp³-hybridized carbons (Fsp3) is 0.860. The molecule has 0 saturated heterocycles. The summed E-state index contributed by atoms with van der Waals surface area (Å²) < 4.78 is 5.49. The molecule has 0 aliphatic carbocycles. The molecule has 2 unspecified atom stereocenters. The highest BCUT2D eigenvalue weighted by Crippen LogP contribution is 2.16. The fourth-order valence-corrected chi connectivity index (χ4v) is 8.37. The average molecular weight is 886 g/mol. The third-order valence-electron chi connectivity index (χ3n) is 12.7. The van der Waals surface area contributed by atoms with Crippen molar-refractivity contribution in [1.29, 1.82) is 0 Å². The van der Waals surface area contributed by atoms with Crippen molar-refractivity contribution < 1.29 is 24.5 Å². The molecule has 0 aromatic heterocycles. The van der Waals surface area contributed by atoms with Crippen molar-refractivity contribution in [2.75, 3.05) is 13.2 Å². The van der Waals surface area contributed by atoms with E-state index in [0.717, 1.165) is 51.4 Å². The quantitative estimate of drug-likeness (QED) is 0.0321. The molecular weight excluding hydrogens is 779 g/mol. The van der Waals surface area contributed by atoms with Crippen LogP contribution in [0.25, 0.3) is 0 Å². The van der Waals surface area contributed by atoms with Gasteiger partial charge in [0.05, 0.1) is 25.4 Å². The summed E-state index contributed by atoms with van der Waals surface area (Å²) >= 11 is 0. The summed E-state index contributed by atoms with van der Waals surface area (Å²) in [5.41, 5.74) is 0. The van der Waals surface area contributed by atoms with Gasteiger partial charge in [0.1, 0.15) is 0 Å². The number of allylic oxidation sites excluding steroid dienone is 5. The topological polar surface area (TPSA) is 95.9 Å². The van der Waals surface area contributed by atoms with Gasteiger partial charge in [0, 0.05) is 12.8 Å². The largest absolute Gasteiger partial charge is 0.466 e. The predicted octanol–water partition coefficient (Wildman–Crippen LogP) is 16.9. The van der Waals surface area contributed by atoms with E-state index in [0.29, 0.717) is 19.4 Å². The molecule has 0 radical (unpaired) electrons. The van der Waals surface area contributed by atoms with E-state index in [1.165, 1.54) is 212 Å². The van der Waals surface area contributed by atoms with Crippen LogP contribution in [0.4, 0.5) is 0 Å². The van der Waals surface area contributed by atoms with Crippen LogP contribution >= 0.6 is 0 Å². The highest BCUT2D eigenvalue weighted by Gasteiger charge is 2.18. The van der Waals surface area contributed by atoms with E-state index in [9.17, 15) is 19.8 Å². The van der Waals surface area contributed by atoms with Gasteiger partial charge < -0.3 is 20.3 Å². The van der Waals surface area contributed by atoms with E-state index in [4.69, 9.17) is 4.74 Å². The molecule has 370 valence electrons. The molecule has 0 fully saturated rings. The van der Waals surface area contributed by atoms with E-state index >= 15 is 0 Å². The summed E-state index contributed by atoms with van der Waals surface area (Å²) in [6, 6.07) is -0.629. The Labute approximate surface area is 392 Å². The van der Waals surface area contributed by atoms with Gasteiger partial charge in [-0.2, -0.15) is 0 Å². The van der Waals surface area contributed by atoms with Crippen molar-refractivity contribution in [3.05, 3.63) is 36.5 Å². The number of nitrogens with one attached hydrogen (secondary N) is 1. The van der Waals surface area contributed by atoms with Crippen LogP contribution < -0.4 is 5.32 Å². The minimum absolute atomic E-state index is 0.00211. The van der Waals surface area contributed by atoms with Crippen LogP contribution in [0.15, 0.2) is 36.5 Å². The number of carbonyl (C=O) groups excluding carboxylic acids is 2. The van der Waals surface area contributed by atoms with Crippen molar-refractivity contribution >= 4 is 11.9 Å². The van der Waals surface area contributed by atoms with Gasteiger partial charge in [0.15, 0.2) is 0 Å². The Hall–Kier alpha value is -1.92.